The van der Waals surface area contributed by atoms with Gasteiger partial charge in [0.25, 0.3) is 0 Å². The van der Waals surface area contributed by atoms with Gasteiger partial charge in [-0.05, 0) is 51.7 Å². The fraction of sp³-hybridized carbons (Fsp3) is 1.00. The predicted octanol–water partition coefficient (Wildman–Crippen LogP) is 1.73. The van der Waals surface area contributed by atoms with Crippen LogP contribution in [0, 0.1) is 5.92 Å². The smallest absolute Gasteiger partial charge is 0.0477 e. The fourth-order valence-corrected chi connectivity index (χ4v) is 2.09. The van der Waals surface area contributed by atoms with E-state index in [2.05, 4.69) is 17.1 Å². The lowest BCUT2D eigenvalue weighted by Crippen LogP contribution is -2.38. The van der Waals surface area contributed by atoms with Crippen molar-refractivity contribution >= 4 is 0 Å². The van der Waals surface area contributed by atoms with E-state index in [1.807, 2.05) is 6.92 Å². The van der Waals surface area contributed by atoms with Gasteiger partial charge in [-0.15, -0.1) is 0 Å². The molecule has 0 bridgehead atoms. The van der Waals surface area contributed by atoms with Crippen LogP contribution in [0.3, 0.4) is 0 Å². The summed E-state index contributed by atoms with van der Waals surface area (Å²) in [6.07, 6.45) is 3.89. The summed E-state index contributed by atoms with van der Waals surface area (Å²) in [5.74, 6) is 0.940. The summed E-state index contributed by atoms with van der Waals surface area (Å²) < 4.78 is 5.29. The average Bonchev–Trinajstić information content (AvgIpc) is 2.30. The zero-order valence-corrected chi connectivity index (χ0v) is 11.0. The summed E-state index contributed by atoms with van der Waals surface area (Å²) in [7, 11) is 0. The molecule has 3 nitrogen and oxygen atoms in total. The van der Waals surface area contributed by atoms with E-state index < -0.39 is 0 Å². The Kier molecular flexibility index (Phi) is 7.81. The number of hydrogen-bond acceptors (Lipinski definition) is 3. The lowest BCUT2D eigenvalue weighted by atomic mass is 9.99. The van der Waals surface area contributed by atoms with Crippen LogP contribution in [-0.4, -0.2) is 50.8 Å². The number of ether oxygens (including phenoxy) is 1. The molecule has 0 unspecified atom stereocenters. The van der Waals surface area contributed by atoms with Gasteiger partial charge in [0.15, 0.2) is 0 Å². The number of likely N-dealkylation sites (tertiary alicyclic amines) is 1. The van der Waals surface area contributed by atoms with Crippen molar-refractivity contribution in [1.29, 1.82) is 0 Å². The molecule has 3 heteroatoms. The van der Waals surface area contributed by atoms with Crippen molar-refractivity contribution in [1.82, 2.24) is 10.2 Å². The van der Waals surface area contributed by atoms with Crippen molar-refractivity contribution in [3.8, 4) is 0 Å². The normalized spacial score (nSPS) is 19.1. The van der Waals surface area contributed by atoms with Crippen LogP contribution < -0.4 is 5.32 Å². The van der Waals surface area contributed by atoms with Gasteiger partial charge in [0.1, 0.15) is 0 Å². The molecule has 0 aliphatic carbocycles. The van der Waals surface area contributed by atoms with E-state index in [9.17, 15) is 0 Å². The lowest BCUT2D eigenvalue weighted by molar-refractivity contribution is 0.144. The molecule has 1 aliphatic heterocycles. The zero-order valence-electron chi connectivity index (χ0n) is 11.0. The Labute approximate surface area is 101 Å². The van der Waals surface area contributed by atoms with Crippen LogP contribution in [0.25, 0.3) is 0 Å². The number of hydrogen-bond donors (Lipinski definition) is 1. The predicted molar refractivity (Wildman–Crippen MR) is 68.8 cm³/mol. The Morgan fingerprint density at radius 1 is 1.25 bits per heavy atom. The van der Waals surface area contributed by atoms with Gasteiger partial charge in [-0.1, -0.05) is 6.92 Å². The standard InChI is InChI=1S/C13H28N2O/c1-3-16-12-4-7-14-8-11-15-9-5-13(2)6-10-15/h13-14H,3-12H2,1-2H3. The monoisotopic (exact) mass is 228 g/mol. The molecular weight excluding hydrogens is 200 g/mol. The highest BCUT2D eigenvalue weighted by Gasteiger charge is 2.14. The minimum absolute atomic E-state index is 0.839. The average molecular weight is 228 g/mol. The fourth-order valence-electron chi connectivity index (χ4n) is 2.09. The van der Waals surface area contributed by atoms with Crippen molar-refractivity contribution in [3.63, 3.8) is 0 Å². The van der Waals surface area contributed by atoms with Gasteiger partial charge < -0.3 is 15.0 Å². The van der Waals surface area contributed by atoms with Crippen LogP contribution in [0.5, 0.6) is 0 Å². The number of nitrogens with one attached hydrogen (secondary N) is 1. The number of rotatable bonds is 8. The van der Waals surface area contributed by atoms with Gasteiger partial charge in [0.2, 0.25) is 0 Å². The quantitative estimate of drug-likeness (QED) is 0.640. The maximum absolute atomic E-state index is 5.29. The van der Waals surface area contributed by atoms with Gasteiger partial charge in [0, 0.05) is 26.3 Å². The molecule has 1 N–H and O–H groups in total. The van der Waals surface area contributed by atoms with Crippen LogP contribution in [-0.2, 0) is 4.74 Å². The Morgan fingerprint density at radius 2 is 2.00 bits per heavy atom. The molecule has 1 aliphatic rings. The lowest BCUT2D eigenvalue weighted by Gasteiger charge is -2.30. The van der Waals surface area contributed by atoms with Gasteiger partial charge >= 0.3 is 0 Å². The van der Waals surface area contributed by atoms with Crippen molar-refractivity contribution in [2.45, 2.75) is 33.1 Å². The Balaban J connectivity index is 1.84. The molecule has 0 atom stereocenters. The molecule has 0 aromatic heterocycles. The first-order valence-corrected chi connectivity index (χ1v) is 6.83. The minimum Gasteiger partial charge on any atom is -0.382 e. The van der Waals surface area contributed by atoms with Gasteiger partial charge in [-0.2, -0.15) is 0 Å². The van der Waals surface area contributed by atoms with Crippen molar-refractivity contribution < 1.29 is 4.74 Å². The Bertz CT molecular complexity index is 156. The highest BCUT2D eigenvalue weighted by Crippen LogP contribution is 2.14. The first kappa shape index (κ1) is 13.9. The molecule has 0 saturated carbocycles. The SMILES string of the molecule is CCOCCCNCCN1CCC(C)CC1. The minimum atomic E-state index is 0.839. The molecule has 0 aromatic rings. The summed E-state index contributed by atoms with van der Waals surface area (Å²) in [5.41, 5.74) is 0. The second kappa shape index (κ2) is 8.97. The molecular formula is C13H28N2O. The summed E-state index contributed by atoms with van der Waals surface area (Å²) in [4.78, 5) is 2.58. The summed E-state index contributed by atoms with van der Waals surface area (Å²) in [6.45, 7) is 12.2. The summed E-state index contributed by atoms with van der Waals surface area (Å²) in [6, 6.07) is 0. The van der Waals surface area contributed by atoms with Crippen LogP contribution >= 0.6 is 0 Å². The van der Waals surface area contributed by atoms with E-state index in [4.69, 9.17) is 4.74 Å². The summed E-state index contributed by atoms with van der Waals surface area (Å²) in [5, 5.41) is 3.48. The van der Waals surface area contributed by atoms with E-state index in [1.165, 1.54) is 32.5 Å². The van der Waals surface area contributed by atoms with Crippen LogP contribution in [0.4, 0.5) is 0 Å². The van der Waals surface area contributed by atoms with Crippen LogP contribution in [0.15, 0.2) is 0 Å². The highest BCUT2D eigenvalue weighted by molar-refractivity contribution is 4.69. The summed E-state index contributed by atoms with van der Waals surface area (Å²) >= 11 is 0. The highest BCUT2D eigenvalue weighted by atomic mass is 16.5. The zero-order chi connectivity index (χ0) is 11.6. The second-order valence-electron chi connectivity index (χ2n) is 4.82. The second-order valence-corrected chi connectivity index (χ2v) is 4.82. The van der Waals surface area contributed by atoms with Gasteiger partial charge in [0.05, 0.1) is 0 Å². The number of nitrogens with zero attached hydrogens (tertiary/aromatic N) is 1. The Morgan fingerprint density at radius 3 is 2.69 bits per heavy atom. The largest absolute Gasteiger partial charge is 0.382 e. The molecule has 0 aromatic carbocycles. The first-order valence-electron chi connectivity index (χ1n) is 6.83. The maximum atomic E-state index is 5.29. The third-order valence-corrected chi connectivity index (χ3v) is 3.33. The molecule has 0 amide bonds. The molecule has 0 spiro atoms. The molecule has 1 saturated heterocycles. The van der Waals surface area contributed by atoms with E-state index in [-0.39, 0.29) is 0 Å². The third-order valence-electron chi connectivity index (χ3n) is 3.33. The molecule has 1 rings (SSSR count). The van der Waals surface area contributed by atoms with Gasteiger partial charge in [-0.3, -0.25) is 0 Å². The maximum Gasteiger partial charge on any atom is 0.0477 e. The van der Waals surface area contributed by atoms with Crippen molar-refractivity contribution in [2.75, 3.05) is 45.9 Å². The number of piperidine rings is 1. The molecule has 1 fully saturated rings. The van der Waals surface area contributed by atoms with E-state index in [1.54, 1.807) is 0 Å². The van der Waals surface area contributed by atoms with E-state index >= 15 is 0 Å². The molecule has 0 radical (unpaired) electrons. The third kappa shape index (κ3) is 6.46. The van der Waals surface area contributed by atoms with E-state index in [0.717, 1.165) is 38.6 Å². The van der Waals surface area contributed by atoms with Gasteiger partial charge in [-0.25, -0.2) is 0 Å². The molecule has 1 heterocycles. The first-order chi connectivity index (χ1) is 7.83. The Hall–Kier alpha value is -0.120. The molecule has 16 heavy (non-hydrogen) atoms. The molecule has 96 valence electrons. The van der Waals surface area contributed by atoms with Crippen LogP contribution in [0.1, 0.15) is 33.1 Å². The van der Waals surface area contributed by atoms with Crippen molar-refractivity contribution in [2.24, 2.45) is 5.92 Å². The van der Waals surface area contributed by atoms with Crippen molar-refractivity contribution in [3.05, 3.63) is 0 Å². The van der Waals surface area contributed by atoms with E-state index in [0.29, 0.717) is 0 Å². The van der Waals surface area contributed by atoms with Crippen LogP contribution in [0.2, 0.25) is 0 Å². The topological polar surface area (TPSA) is 24.5 Å².